The van der Waals surface area contributed by atoms with Crippen LogP contribution in [0.5, 0.6) is 0 Å². The Morgan fingerprint density at radius 3 is 2.28 bits per heavy atom. The third kappa shape index (κ3) is 5.92. The lowest BCUT2D eigenvalue weighted by atomic mass is 9.98. The van der Waals surface area contributed by atoms with Crippen LogP contribution in [0.1, 0.15) is 48.0 Å². The summed E-state index contributed by atoms with van der Waals surface area (Å²) in [6.07, 6.45) is 8.78. The fourth-order valence-electron chi connectivity index (χ4n) is 4.41. The van der Waals surface area contributed by atoms with Crippen LogP contribution < -0.4 is 0 Å². The molecule has 2 aliphatic rings. The van der Waals surface area contributed by atoms with Crippen LogP contribution in [-0.4, -0.2) is 48.3 Å². The maximum Gasteiger partial charge on any atom is 0.190 e. The number of nitrogens with zero attached hydrogens (tertiary/aromatic N) is 2. The molecule has 168 valence electrons. The summed E-state index contributed by atoms with van der Waals surface area (Å²) >= 11 is 0. The summed E-state index contributed by atoms with van der Waals surface area (Å²) in [7, 11) is 0. The Bertz CT molecular complexity index is 981. The molecule has 0 unspecified atom stereocenters. The summed E-state index contributed by atoms with van der Waals surface area (Å²) in [6, 6.07) is 12.7. The highest BCUT2D eigenvalue weighted by Gasteiger charge is 2.19. The maximum absolute atomic E-state index is 13.9. The first-order valence-corrected chi connectivity index (χ1v) is 11.5. The van der Waals surface area contributed by atoms with Crippen molar-refractivity contribution in [3.63, 3.8) is 0 Å². The van der Waals surface area contributed by atoms with E-state index in [0.29, 0.717) is 17.5 Å². The zero-order chi connectivity index (χ0) is 22.3. The van der Waals surface area contributed by atoms with Crippen LogP contribution in [0.3, 0.4) is 0 Å². The monoisotopic (exact) mass is 436 g/mol. The number of Topliss-reactive ketones (excluding diaryl/α,β-unsaturated/α-hetero) is 1. The molecule has 2 aromatic rings. The van der Waals surface area contributed by atoms with E-state index in [9.17, 15) is 13.6 Å². The minimum absolute atomic E-state index is 0.0194. The summed E-state index contributed by atoms with van der Waals surface area (Å²) in [5.41, 5.74) is 3.23. The number of hydrogen-bond donors (Lipinski definition) is 0. The van der Waals surface area contributed by atoms with E-state index in [1.54, 1.807) is 18.2 Å². The molecule has 0 aromatic heterocycles. The largest absolute Gasteiger partial charge is 0.377 e. The number of carbonyl (C=O) groups is 1. The van der Waals surface area contributed by atoms with E-state index in [1.807, 2.05) is 24.4 Å². The molecule has 3 nitrogen and oxygen atoms in total. The molecule has 2 heterocycles. The van der Waals surface area contributed by atoms with Crippen LogP contribution in [0.15, 0.2) is 65.9 Å². The molecule has 4 rings (SSSR count). The summed E-state index contributed by atoms with van der Waals surface area (Å²) in [4.78, 5) is 17.7. The Morgan fingerprint density at radius 2 is 1.59 bits per heavy atom. The topological polar surface area (TPSA) is 23.6 Å². The highest BCUT2D eigenvalue weighted by atomic mass is 19.1. The number of piperidine rings is 1. The number of carbonyl (C=O) groups excluding carboxylic acids is 1. The summed E-state index contributed by atoms with van der Waals surface area (Å²) in [5.74, 6) is -0.536. The quantitative estimate of drug-likeness (QED) is 0.411. The third-order valence-corrected chi connectivity index (χ3v) is 6.34. The zero-order valence-corrected chi connectivity index (χ0v) is 18.4. The Hall–Kier alpha value is -2.79. The highest BCUT2D eigenvalue weighted by molar-refractivity contribution is 6.08. The van der Waals surface area contributed by atoms with Gasteiger partial charge in [-0.15, -0.1) is 0 Å². The molecule has 0 saturated carbocycles. The lowest BCUT2D eigenvalue weighted by molar-refractivity contribution is 0.102. The van der Waals surface area contributed by atoms with Crippen molar-refractivity contribution in [2.24, 2.45) is 0 Å². The number of rotatable bonds is 7. The van der Waals surface area contributed by atoms with Crippen LogP contribution in [0.2, 0.25) is 0 Å². The number of likely N-dealkylation sites (tertiary alicyclic amines) is 2. The normalized spacial score (nSPS) is 17.6. The van der Waals surface area contributed by atoms with Gasteiger partial charge in [-0.05, 0) is 62.4 Å². The van der Waals surface area contributed by atoms with Crippen LogP contribution in [-0.2, 0) is 0 Å². The molecule has 2 aromatic carbocycles. The van der Waals surface area contributed by atoms with Gasteiger partial charge in [0.05, 0.1) is 0 Å². The molecule has 0 N–H and O–H groups in total. The fraction of sp³-hybridized carbons (Fsp3) is 0.370. The first kappa shape index (κ1) is 22.4. The molecule has 0 aliphatic carbocycles. The van der Waals surface area contributed by atoms with E-state index in [4.69, 9.17) is 0 Å². The van der Waals surface area contributed by atoms with Crippen LogP contribution >= 0.6 is 0 Å². The minimum atomic E-state index is -0.334. The van der Waals surface area contributed by atoms with Crippen molar-refractivity contribution in [2.45, 2.75) is 32.1 Å². The van der Waals surface area contributed by atoms with Crippen molar-refractivity contribution < 1.29 is 13.6 Å². The molecular weight excluding hydrogens is 406 g/mol. The molecule has 2 saturated heterocycles. The molecule has 32 heavy (non-hydrogen) atoms. The van der Waals surface area contributed by atoms with Gasteiger partial charge < -0.3 is 9.80 Å². The fourth-order valence-corrected chi connectivity index (χ4v) is 4.41. The standard InChI is InChI=1S/C27H30F2N2O/c28-25-9-7-22(8-10-25)27(32)24(20-31-14-3-4-15-31)13-18-30-16-11-21(12-17-30)19-23-5-1-2-6-26(23)29/h1-2,5-10,19-20H,3-4,11-18H2/b24-20+. The van der Waals surface area contributed by atoms with Gasteiger partial charge in [-0.3, -0.25) is 4.79 Å². The van der Waals surface area contributed by atoms with Crippen molar-refractivity contribution in [1.29, 1.82) is 0 Å². The maximum atomic E-state index is 13.9. The predicted molar refractivity (Wildman–Crippen MR) is 124 cm³/mol. The molecule has 2 fully saturated rings. The van der Waals surface area contributed by atoms with Gasteiger partial charge in [-0.2, -0.15) is 0 Å². The lowest BCUT2D eigenvalue weighted by Crippen LogP contribution is -2.32. The van der Waals surface area contributed by atoms with Crippen molar-refractivity contribution in [1.82, 2.24) is 9.80 Å². The SMILES string of the molecule is O=C(/C(=C/N1CCCC1)CCN1CCC(=Cc2ccccc2F)CC1)c1ccc(F)cc1. The van der Waals surface area contributed by atoms with Crippen molar-refractivity contribution in [3.8, 4) is 0 Å². The molecule has 0 radical (unpaired) electrons. The second-order valence-corrected chi connectivity index (χ2v) is 8.65. The Balaban J connectivity index is 1.37. The first-order valence-electron chi connectivity index (χ1n) is 11.5. The molecule has 0 amide bonds. The average Bonchev–Trinajstić information content (AvgIpc) is 3.32. The molecular formula is C27H30F2N2O. The second-order valence-electron chi connectivity index (χ2n) is 8.65. The van der Waals surface area contributed by atoms with Gasteiger partial charge in [0.25, 0.3) is 0 Å². The number of hydrogen-bond acceptors (Lipinski definition) is 3. The molecule has 0 bridgehead atoms. The van der Waals surface area contributed by atoms with E-state index in [0.717, 1.165) is 64.0 Å². The van der Waals surface area contributed by atoms with Crippen LogP contribution in [0.25, 0.3) is 6.08 Å². The van der Waals surface area contributed by atoms with E-state index in [1.165, 1.54) is 23.8 Å². The van der Waals surface area contributed by atoms with E-state index < -0.39 is 0 Å². The summed E-state index contributed by atoms with van der Waals surface area (Å²) < 4.78 is 27.2. The third-order valence-electron chi connectivity index (χ3n) is 6.34. The predicted octanol–water partition coefficient (Wildman–Crippen LogP) is 5.70. The van der Waals surface area contributed by atoms with E-state index >= 15 is 0 Å². The van der Waals surface area contributed by atoms with Gasteiger partial charge in [0, 0.05) is 55.6 Å². The Kier molecular flexibility index (Phi) is 7.48. The number of benzene rings is 2. The van der Waals surface area contributed by atoms with Crippen LogP contribution in [0, 0.1) is 11.6 Å². The molecule has 5 heteroatoms. The van der Waals surface area contributed by atoms with Gasteiger partial charge >= 0.3 is 0 Å². The second kappa shape index (κ2) is 10.7. The first-order chi connectivity index (χ1) is 15.6. The summed E-state index contributed by atoms with van der Waals surface area (Å²) in [5, 5.41) is 0. The number of ketones is 1. The minimum Gasteiger partial charge on any atom is -0.377 e. The van der Waals surface area contributed by atoms with Gasteiger partial charge in [0.2, 0.25) is 0 Å². The molecule has 0 atom stereocenters. The molecule has 2 aliphatic heterocycles. The zero-order valence-electron chi connectivity index (χ0n) is 18.4. The van der Waals surface area contributed by atoms with Crippen LogP contribution in [0.4, 0.5) is 8.78 Å². The summed E-state index contributed by atoms with van der Waals surface area (Å²) in [6.45, 7) is 4.58. The highest BCUT2D eigenvalue weighted by Crippen LogP contribution is 2.23. The van der Waals surface area contributed by atoms with E-state index in [2.05, 4.69) is 9.80 Å². The van der Waals surface area contributed by atoms with Gasteiger partial charge in [0.1, 0.15) is 11.6 Å². The van der Waals surface area contributed by atoms with Crippen molar-refractivity contribution in [3.05, 3.63) is 88.6 Å². The number of halogens is 2. The Morgan fingerprint density at radius 1 is 0.906 bits per heavy atom. The van der Waals surface area contributed by atoms with Gasteiger partial charge in [-0.1, -0.05) is 29.8 Å². The van der Waals surface area contributed by atoms with Crippen molar-refractivity contribution in [2.75, 3.05) is 32.7 Å². The molecule has 0 spiro atoms. The van der Waals surface area contributed by atoms with Gasteiger partial charge in [-0.25, -0.2) is 8.78 Å². The van der Waals surface area contributed by atoms with E-state index in [-0.39, 0.29) is 17.4 Å². The average molecular weight is 437 g/mol. The smallest absolute Gasteiger partial charge is 0.190 e. The Labute approximate surface area is 189 Å². The lowest BCUT2D eigenvalue weighted by Gasteiger charge is -2.29. The van der Waals surface area contributed by atoms with Gasteiger partial charge in [0.15, 0.2) is 5.78 Å². The van der Waals surface area contributed by atoms with Crippen molar-refractivity contribution >= 4 is 11.9 Å².